The van der Waals surface area contributed by atoms with E-state index in [2.05, 4.69) is 24.1 Å². The maximum Gasteiger partial charge on any atom is 0.243 e. The third kappa shape index (κ3) is 2.25. The lowest BCUT2D eigenvalue weighted by molar-refractivity contribution is -0.196. The minimum Gasteiger partial charge on any atom is -0.480 e. The van der Waals surface area contributed by atoms with E-state index < -0.39 is 27.5 Å². The quantitative estimate of drug-likeness (QED) is 0.598. The van der Waals surface area contributed by atoms with Crippen LogP contribution in [0.5, 0.6) is 11.5 Å². The number of Topliss-reactive ketones (excluding diaryl/α,β-unsaturated/α-hetero) is 1. The Bertz CT molecular complexity index is 1260. The summed E-state index contributed by atoms with van der Waals surface area (Å²) in [5.74, 6) is 1.14. The molecule has 7 aliphatic rings. The fraction of sp³-hybridized carbons (Fsp3) is 0.679. The van der Waals surface area contributed by atoms with Crippen molar-refractivity contribution >= 4 is 23.3 Å². The van der Waals surface area contributed by atoms with E-state index in [1.807, 2.05) is 24.1 Å². The van der Waals surface area contributed by atoms with Crippen molar-refractivity contribution in [3.8, 4) is 11.5 Å². The zero-order valence-corrected chi connectivity index (χ0v) is 21.8. The molecule has 8 nitrogen and oxygen atoms in total. The lowest BCUT2D eigenvalue weighted by Gasteiger charge is -2.67. The summed E-state index contributed by atoms with van der Waals surface area (Å²) < 4.78 is 12.1. The van der Waals surface area contributed by atoms with Gasteiger partial charge in [-0.15, -0.1) is 0 Å². The van der Waals surface area contributed by atoms with Crippen LogP contribution in [0.15, 0.2) is 12.1 Å². The van der Waals surface area contributed by atoms with E-state index in [9.17, 15) is 14.4 Å². The van der Waals surface area contributed by atoms with Gasteiger partial charge in [0.2, 0.25) is 17.6 Å². The predicted molar refractivity (Wildman–Crippen MR) is 132 cm³/mol. The molecule has 6 aliphatic heterocycles. The Labute approximate surface area is 211 Å². The van der Waals surface area contributed by atoms with Gasteiger partial charge in [-0.3, -0.25) is 19.3 Å². The normalized spacial score (nSPS) is 39.5. The van der Waals surface area contributed by atoms with Crippen molar-refractivity contribution in [3.63, 3.8) is 0 Å². The second-order valence-electron chi connectivity index (χ2n) is 13.0. The molecular formula is C28H35N3O5. The number of rotatable bonds is 0. The van der Waals surface area contributed by atoms with Crippen LogP contribution in [0.2, 0.25) is 0 Å². The Balaban J connectivity index is 1.40. The highest BCUT2D eigenvalue weighted by atomic mass is 16.6. The maximum absolute atomic E-state index is 14.2. The lowest BCUT2D eigenvalue weighted by Crippen LogP contribution is -2.80. The molecular weight excluding hydrogens is 458 g/mol. The molecule has 36 heavy (non-hydrogen) atoms. The van der Waals surface area contributed by atoms with Gasteiger partial charge in [0.05, 0.1) is 16.6 Å². The molecule has 1 aliphatic carbocycles. The predicted octanol–water partition coefficient (Wildman–Crippen LogP) is 2.88. The number of fused-ring (bicyclic) bond motifs is 5. The minimum absolute atomic E-state index is 0.0436. The number of carbonyl (C=O) groups is 3. The number of carbonyl (C=O) groups excluding carboxylic acids is 3. The molecule has 1 saturated carbocycles. The minimum atomic E-state index is -1.01. The largest absolute Gasteiger partial charge is 0.480 e. The molecule has 1 aromatic rings. The molecule has 4 atom stereocenters. The molecule has 2 amide bonds. The standard InChI is InChI=1S/C28H35N3O5/c1-24(2)18-12-26-10-6-7-11-31(26)15-27(18,30(5)23(26)34)14-28(24)16-8-9-17-21(20(16)29-22(28)33)35-13-19(32)25(3,4)36-17/h8-9,18H,6-7,10-15H2,1-5H3,(H,29,33)/t18-,26+,27-,28-/m1/s1. The molecule has 8 rings (SSSR count). The first-order valence-corrected chi connectivity index (χ1v) is 13.3. The van der Waals surface area contributed by atoms with E-state index in [4.69, 9.17) is 9.47 Å². The highest BCUT2D eigenvalue weighted by Gasteiger charge is 2.79. The van der Waals surface area contributed by atoms with E-state index in [1.165, 1.54) is 0 Å². The highest BCUT2D eigenvalue weighted by molar-refractivity contribution is 6.10. The zero-order valence-electron chi connectivity index (χ0n) is 21.8. The van der Waals surface area contributed by atoms with Crippen molar-refractivity contribution in [2.75, 3.05) is 32.1 Å². The summed E-state index contributed by atoms with van der Waals surface area (Å²) >= 11 is 0. The van der Waals surface area contributed by atoms with Gasteiger partial charge in [-0.2, -0.15) is 0 Å². The topological polar surface area (TPSA) is 88.2 Å². The van der Waals surface area contributed by atoms with Gasteiger partial charge in [0, 0.05) is 13.6 Å². The first-order valence-electron chi connectivity index (χ1n) is 13.3. The van der Waals surface area contributed by atoms with E-state index in [0.29, 0.717) is 23.6 Å². The third-order valence-corrected chi connectivity index (χ3v) is 11.0. The molecule has 0 unspecified atom stereocenters. The number of hydrogen-bond acceptors (Lipinski definition) is 6. The number of piperidine rings is 3. The Kier molecular flexibility index (Phi) is 4.04. The molecule has 0 radical (unpaired) electrons. The van der Waals surface area contributed by atoms with Gasteiger partial charge in [0.1, 0.15) is 5.54 Å². The monoisotopic (exact) mass is 493 g/mol. The number of likely N-dealkylation sites (N-methyl/N-ethyl adjacent to an activating group) is 1. The Morgan fingerprint density at radius 3 is 2.64 bits per heavy atom. The van der Waals surface area contributed by atoms with Crippen LogP contribution in [-0.2, 0) is 19.8 Å². The van der Waals surface area contributed by atoms with Crippen LogP contribution in [0.1, 0.15) is 65.4 Å². The number of amides is 2. The number of benzene rings is 1. The average molecular weight is 494 g/mol. The van der Waals surface area contributed by atoms with Crippen LogP contribution >= 0.6 is 0 Å². The molecule has 1 aromatic carbocycles. The first kappa shape index (κ1) is 22.6. The summed E-state index contributed by atoms with van der Waals surface area (Å²) in [6, 6.07) is 3.83. The van der Waals surface area contributed by atoms with Crippen molar-refractivity contribution in [3.05, 3.63) is 17.7 Å². The van der Waals surface area contributed by atoms with Crippen LogP contribution in [-0.4, -0.2) is 70.8 Å². The molecule has 8 heteroatoms. The highest BCUT2D eigenvalue weighted by Crippen LogP contribution is 2.72. The van der Waals surface area contributed by atoms with Crippen LogP contribution in [0.25, 0.3) is 0 Å². The van der Waals surface area contributed by atoms with Crippen LogP contribution in [0, 0.1) is 11.3 Å². The summed E-state index contributed by atoms with van der Waals surface area (Å²) in [4.78, 5) is 45.1. The molecule has 1 N–H and O–H groups in total. The van der Waals surface area contributed by atoms with Gasteiger partial charge in [-0.05, 0) is 75.5 Å². The zero-order chi connectivity index (χ0) is 25.5. The number of ketones is 1. The van der Waals surface area contributed by atoms with Gasteiger partial charge in [0.25, 0.3) is 0 Å². The second-order valence-corrected chi connectivity index (χ2v) is 13.0. The van der Waals surface area contributed by atoms with Gasteiger partial charge in [0.15, 0.2) is 23.7 Å². The van der Waals surface area contributed by atoms with Crippen LogP contribution in [0.4, 0.5) is 5.69 Å². The van der Waals surface area contributed by atoms with E-state index in [0.717, 1.165) is 44.3 Å². The van der Waals surface area contributed by atoms with Crippen molar-refractivity contribution < 1.29 is 23.9 Å². The number of ether oxygens (including phenoxy) is 2. The molecule has 3 spiro atoms. The van der Waals surface area contributed by atoms with Crippen molar-refractivity contribution in [1.82, 2.24) is 9.80 Å². The van der Waals surface area contributed by atoms with Gasteiger partial charge in [-0.25, -0.2) is 0 Å². The molecule has 2 bridgehead atoms. The maximum atomic E-state index is 14.2. The second kappa shape index (κ2) is 6.44. The SMILES string of the molecule is CN1C(=O)[C@@]23CCCCN2C[C@@]12C[C@@]1(C(=O)Nc4c1ccc1c4OCC(=O)C(C)(C)O1)C(C)(C)[C@H]2C3. The smallest absolute Gasteiger partial charge is 0.243 e. The van der Waals surface area contributed by atoms with Gasteiger partial charge >= 0.3 is 0 Å². The Hall–Kier alpha value is -2.61. The van der Waals surface area contributed by atoms with E-state index in [-0.39, 0.29) is 30.1 Å². The number of piperazine rings is 1. The van der Waals surface area contributed by atoms with E-state index >= 15 is 0 Å². The Morgan fingerprint density at radius 1 is 1.08 bits per heavy atom. The van der Waals surface area contributed by atoms with Crippen LogP contribution < -0.4 is 14.8 Å². The fourth-order valence-corrected chi connectivity index (χ4v) is 8.98. The number of nitrogens with one attached hydrogen (secondary N) is 1. The Morgan fingerprint density at radius 2 is 1.86 bits per heavy atom. The summed E-state index contributed by atoms with van der Waals surface area (Å²) in [6.45, 7) is 9.59. The lowest BCUT2D eigenvalue weighted by atomic mass is 9.56. The van der Waals surface area contributed by atoms with Crippen molar-refractivity contribution in [1.29, 1.82) is 0 Å². The van der Waals surface area contributed by atoms with Crippen molar-refractivity contribution in [2.45, 2.75) is 81.9 Å². The summed E-state index contributed by atoms with van der Waals surface area (Å²) in [5, 5.41) is 3.16. The summed E-state index contributed by atoms with van der Waals surface area (Å²) in [7, 11) is 1.97. The summed E-state index contributed by atoms with van der Waals surface area (Å²) in [6.07, 6.45) is 4.48. The molecule has 6 heterocycles. The van der Waals surface area contributed by atoms with E-state index in [1.54, 1.807) is 13.8 Å². The molecule has 192 valence electrons. The summed E-state index contributed by atoms with van der Waals surface area (Å²) in [5.41, 5.74) is -1.54. The third-order valence-electron chi connectivity index (χ3n) is 11.0. The molecule has 4 saturated heterocycles. The number of anilines is 1. The average Bonchev–Trinajstić information content (AvgIpc) is 3.18. The van der Waals surface area contributed by atoms with Crippen molar-refractivity contribution in [2.24, 2.45) is 11.3 Å². The number of hydrogen-bond donors (Lipinski definition) is 1. The molecule has 0 aromatic heterocycles. The fourth-order valence-electron chi connectivity index (χ4n) is 8.98. The molecule has 5 fully saturated rings. The van der Waals surface area contributed by atoms with Gasteiger partial charge in [-0.1, -0.05) is 19.9 Å². The number of nitrogens with zero attached hydrogens (tertiary/aromatic N) is 2. The van der Waals surface area contributed by atoms with Gasteiger partial charge < -0.3 is 19.7 Å². The first-order chi connectivity index (χ1) is 16.9. The van der Waals surface area contributed by atoms with Crippen LogP contribution in [0.3, 0.4) is 0 Å².